The van der Waals surface area contributed by atoms with Crippen LogP contribution in [0.2, 0.25) is 5.02 Å². The zero-order chi connectivity index (χ0) is 13.7. The standard InChI is InChI=1S/C14H15ClFNOS/c1-10(14-3-2-8-19-14)17-6-7-18-13-5-4-11(16)9-12(13)15/h2-5,8-10,17H,6-7H2,1H3. The monoisotopic (exact) mass is 299 g/mol. The van der Waals surface area contributed by atoms with Crippen LogP contribution in [0.25, 0.3) is 0 Å². The summed E-state index contributed by atoms with van der Waals surface area (Å²) >= 11 is 7.59. The van der Waals surface area contributed by atoms with Gasteiger partial charge >= 0.3 is 0 Å². The van der Waals surface area contributed by atoms with E-state index in [0.717, 1.165) is 0 Å². The van der Waals surface area contributed by atoms with E-state index < -0.39 is 0 Å². The van der Waals surface area contributed by atoms with Crippen LogP contribution in [0.3, 0.4) is 0 Å². The summed E-state index contributed by atoms with van der Waals surface area (Å²) in [6, 6.07) is 8.56. The van der Waals surface area contributed by atoms with Crippen LogP contribution < -0.4 is 10.1 Å². The van der Waals surface area contributed by atoms with Crippen LogP contribution in [0.4, 0.5) is 4.39 Å². The first-order valence-corrected chi connectivity index (χ1v) is 7.27. The van der Waals surface area contributed by atoms with Gasteiger partial charge in [-0.15, -0.1) is 11.3 Å². The summed E-state index contributed by atoms with van der Waals surface area (Å²) in [4.78, 5) is 1.29. The Bertz CT molecular complexity index is 518. The van der Waals surface area contributed by atoms with Crippen LogP contribution in [-0.4, -0.2) is 13.2 Å². The summed E-state index contributed by atoms with van der Waals surface area (Å²) in [5.74, 6) is 0.149. The van der Waals surface area contributed by atoms with Gasteiger partial charge < -0.3 is 10.1 Å². The van der Waals surface area contributed by atoms with Gasteiger partial charge in [0.05, 0.1) is 5.02 Å². The maximum atomic E-state index is 12.8. The average molecular weight is 300 g/mol. The lowest BCUT2D eigenvalue weighted by Gasteiger charge is -2.13. The highest BCUT2D eigenvalue weighted by molar-refractivity contribution is 7.10. The predicted octanol–water partition coefficient (Wildman–Crippen LogP) is 4.27. The van der Waals surface area contributed by atoms with Crippen molar-refractivity contribution in [3.8, 4) is 5.75 Å². The van der Waals surface area contributed by atoms with Gasteiger partial charge in [-0.1, -0.05) is 17.7 Å². The molecule has 0 radical (unpaired) electrons. The number of hydrogen-bond acceptors (Lipinski definition) is 3. The smallest absolute Gasteiger partial charge is 0.138 e. The second kappa shape index (κ2) is 6.89. The Morgan fingerprint density at radius 3 is 2.95 bits per heavy atom. The quantitative estimate of drug-likeness (QED) is 0.804. The Labute approximate surface area is 121 Å². The fourth-order valence-electron chi connectivity index (χ4n) is 1.67. The molecular formula is C14H15ClFNOS. The summed E-state index contributed by atoms with van der Waals surface area (Å²) in [5.41, 5.74) is 0. The highest BCUT2D eigenvalue weighted by Gasteiger charge is 2.06. The fourth-order valence-corrected chi connectivity index (χ4v) is 2.65. The number of hydrogen-bond donors (Lipinski definition) is 1. The summed E-state index contributed by atoms with van der Waals surface area (Å²) < 4.78 is 18.3. The zero-order valence-corrected chi connectivity index (χ0v) is 12.1. The molecule has 0 amide bonds. The molecule has 2 aromatic rings. The summed E-state index contributed by atoms with van der Waals surface area (Å²) in [6.45, 7) is 3.30. The molecule has 0 spiro atoms. The van der Waals surface area contributed by atoms with E-state index in [0.29, 0.717) is 30.0 Å². The van der Waals surface area contributed by atoms with E-state index in [9.17, 15) is 4.39 Å². The molecule has 0 aliphatic carbocycles. The summed E-state index contributed by atoms with van der Waals surface area (Å²) in [7, 11) is 0. The van der Waals surface area contributed by atoms with Gasteiger partial charge in [0.25, 0.3) is 0 Å². The number of benzene rings is 1. The van der Waals surface area contributed by atoms with Gasteiger partial charge in [0.15, 0.2) is 0 Å². The van der Waals surface area contributed by atoms with E-state index in [1.165, 1.54) is 17.0 Å². The van der Waals surface area contributed by atoms with Gasteiger partial charge in [-0.3, -0.25) is 0 Å². The van der Waals surface area contributed by atoms with Gasteiger partial charge in [-0.05, 0) is 36.6 Å². The van der Waals surface area contributed by atoms with Crippen molar-refractivity contribution in [3.05, 3.63) is 51.4 Å². The molecule has 1 aromatic carbocycles. The van der Waals surface area contributed by atoms with E-state index >= 15 is 0 Å². The molecule has 1 N–H and O–H groups in total. The zero-order valence-electron chi connectivity index (χ0n) is 10.5. The number of rotatable bonds is 6. The number of ether oxygens (including phenoxy) is 1. The van der Waals surface area contributed by atoms with Crippen molar-refractivity contribution in [3.63, 3.8) is 0 Å². The molecule has 102 valence electrons. The molecule has 2 rings (SSSR count). The van der Waals surface area contributed by atoms with E-state index in [-0.39, 0.29) is 5.82 Å². The lowest BCUT2D eigenvalue weighted by molar-refractivity contribution is 0.308. The minimum Gasteiger partial charge on any atom is -0.491 e. The Kier molecular flexibility index (Phi) is 5.19. The molecule has 19 heavy (non-hydrogen) atoms. The van der Waals surface area contributed by atoms with E-state index in [2.05, 4.69) is 23.7 Å². The van der Waals surface area contributed by atoms with E-state index in [1.54, 1.807) is 17.4 Å². The van der Waals surface area contributed by atoms with Crippen LogP contribution in [0.15, 0.2) is 35.7 Å². The third-order valence-corrected chi connectivity index (χ3v) is 4.02. The third-order valence-electron chi connectivity index (χ3n) is 2.67. The highest BCUT2D eigenvalue weighted by Crippen LogP contribution is 2.24. The summed E-state index contributed by atoms with van der Waals surface area (Å²) in [6.07, 6.45) is 0. The second-order valence-electron chi connectivity index (χ2n) is 4.11. The van der Waals surface area contributed by atoms with E-state index in [4.69, 9.17) is 16.3 Å². The first-order valence-electron chi connectivity index (χ1n) is 6.01. The molecule has 0 bridgehead atoms. The van der Waals surface area contributed by atoms with Crippen LogP contribution in [-0.2, 0) is 0 Å². The van der Waals surface area contributed by atoms with Gasteiger partial charge in [0.1, 0.15) is 18.2 Å². The molecule has 5 heteroatoms. The van der Waals surface area contributed by atoms with Crippen LogP contribution >= 0.6 is 22.9 Å². The molecule has 0 saturated heterocycles. The predicted molar refractivity (Wildman–Crippen MR) is 77.6 cm³/mol. The molecule has 1 aromatic heterocycles. The Morgan fingerprint density at radius 2 is 2.26 bits per heavy atom. The van der Waals surface area contributed by atoms with Gasteiger partial charge in [0.2, 0.25) is 0 Å². The van der Waals surface area contributed by atoms with Crippen LogP contribution in [0.1, 0.15) is 17.8 Å². The molecule has 2 nitrogen and oxygen atoms in total. The van der Waals surface area contributed by atoms with Crippen molar-refractivity contribution in [1.82, 2.24) is 5.32 Å². The minimum absolute atomic E-state index is 0.298. The van der Waals surface area contributed by atoms with Crippen molar-refractivity contribution < 1.29 is 9.13 Å². The number of thiophene rings is 1. The fraction of sp³-hybridized carbons (Fsp3) is 0.286. The topological polar surface area (TPSA) is 21.3 Å². The SMILES string of the molecule is CC(NCCOc1ccc(F)cc1Cl)c1cccs1. The van der Waals surface area contributed by atoms with E-state index in [1.807, 2.05) is 6.07 Å². The van der Waals surface area contributed by atoms with Crippen molar-refractivity contribution in [2.45, 2.75) is 13.0 Å². The van der Waals surface area contributed by atoms with Gasteiger partial charge in [-0.2, -0.15) is 0 Å². The molecule has 0 aliphatic rings. The Balaban J connectivity index is 1.75. The summed E-state index contributed by atoms with van der Waals surface area (Å²) in [5, 5.41) is 5.71. The van der Waals surface area contributed by atoms with Crippen LogP contribution in [0, 0.1) is 5.82 Å². The van der Waals surface area contributed by atoms with Crippen molar-refractivity contribution in [1.29, 1.82) is 0 Å². The first kappa shape index (κ1) is 14.3. The molecule has 1 unspecified atom stereocenters. The Morgan fingerprint density at radius 1 is 1.42 bits per heavy atom. The lowest BCUT2D eigenvalue weighted by Crippen LogP contribution is -2.23. The largest absolute Gasteiger partial charge is 0.491 e. The molecule has 0 saturated carbocycles. The van der Waals surface area contributed by atoms with Crippen molar-refractivity contribution in [2.24, 2.45) is 0 Å². The van der Waals surface area contributed by atoms with Gasteiger partial charge in [0, 0.05) is 17.5 Å². The molecule has 1 atom stereocenters. The normalized spacial score (nSPS) is 12.4. The maximum Gasteiger partial charge on any atom is 0.138 e. The molecule has 0 fully saturated rings. The molecular weight excluding hydrogens is 285 g/mol. The maximum absolute atomic E-state index is 12.8. The lowest BCUT2D eigenvalue weighted by atomic mass is 10.3. The van der Waals surface area contributed by atoms with Crippen LogP contribution in [0.5, 0.6) is 5.75 Å². The van der Waals surface area contributed by atoms with Crippen molar-refractivity contribution >= 4 is 22.9 Å². The minimum atomic E-state index is -0.359. The average Bonchev–Trinajstić information content (AvgIpc) is 2.90. The number of halogens is 2. The molecule has 0 aliphatic heterocycles. The molecule has 1 heterocycles. The second-order valence-corrected chi connectivity index (χ2v) is 5.50. The third kappa shape index (κ3) is 4.20. The Hall–Kier alpha value is -1.10. The van der Waals surface area contributed by atoms with Gasteiger partial charge in [-0.25, -0.2) is 4.39 Å². The van der Waals surface area contributed by atoms with Crippen molar-refractivity contribution in [2.75, 3.05) is 13.2 Å². The highest BCUT2D eigenvalue weighted by atomic mass is 35.5. The number of nitrogens with one attached hydrogen (secondary N) is 1. The first-order chi connectivity index (χ1) is 9.16.